The average Bonchev–Trinajstić information content (AvgIpc) is 3.17. The predicted molar refractivity (Wildman–Crippen MR) is 88.7 cm³/mol. The van der Waals surface area contributed by atoms with Gasteiger partial charge in [-0.2, -0.15) is 5.21 Å². The van der Waals surface area contributed by atoms with Gasteiger partial charge in [-0.05, 0) is 36.6 Å². The number of anilines is 1. The molecule has 8 nitrogen and oxygen atoms in total. The summed E-state index contributed by atoms with van der Waals surface area (Å²) in [6, 6.07) is 2.90. The number of H-pyrrole nitrogens is 1. The second-order valence-electron chi connectivity index (χ2n) is 5.60. The SMILES string of the molecule is COc1cc2c(OC3CCC3)c(C(=O)Nc3nn[nH]n3)sc2cc1F. The average molecular weight is 363 g/mol. The van der Waals surface area contributed by atoms with E-state index in [-0.39, 0.29) is 17.8 Å². The molecule has 1 aliphatic carbocycles. The fraction of sp³-hybridized carbons (Fsp3) is 0.333. The number of ether oxygens (including phenoxy) is 2. The summed E-state index contributed by atoms with van der Waals surface area (Å²) in [4.78, 5) is 12.9. The number of amides is 1. The Labute approximate surface area is 145 Å². The Morgan fingerprint density at radius 2 is 2.28 bits per heavy atom. The van der Waals surface area contributed by atoms with Crippen molar-refractivity contribution in [2.75, 3.05) is 12.4 Å². The number of aromatic amines is 1. The summed E-state index contributed by atoms with van der Waals surface area (Å²) in [6.07, 6.45) is 3.02. The van der Waals surface area contributed by atoms with Crippen LogP contribution >= 0.6 is 11.3 Å². The lowest BCUT2D eigenvalue weighted by Crippen LogP contribution is -2.25. The van der Waals surface area contributed by atoms with Crippen molar-refractivity contribution < 1.29 is 18.7 Å². The summed E-state index contributed by atoms with van der Waals surface area (Å²) in [5.74, 6) is -0.327. The first-order chi connectivity index (χ1) is 12.2. The van der Waals surface area contributed by atoms with Crippen LogP contribution in [0, 0.1) is 5.82 Å². The van der Waals surface area contributed by atoms with Crippen LogP contribution in [0.5, 0.6) is 11.5 Å². The van der Waals surface area contributed by atoms with Gasteiger partial charge in [-0.15, -0.1) is 16.4 Å². The molecule has 0 bridgehead atoms. The largest absolute Gasteiger partial charge is 0.494 e. The third-order valence-electron chi connectivity index (χ3n) is 4.03. The second-order valence-corrected chi connectivity index (χ2v) is 6.66. The molecule has 3 aromatic rings. The minimum Gasteiger partial charge on any atom is -0.494 e. The van der Waals surface area contributed by atoms with Crippen LogP contribution in [0.15, 0.2) is 12.1 Å². The van der Waals surface area contributed by atoms with Crippen molar-refractivity contribution >= 4 is 33.3 Å². The van der Waals surface area contributed by atoms with Gasteiger partial charge in [-0.25, -0.2) is 4.39 Å². The molecule has 1 fully saturated rings. The highest BCUT2D eigenvalue weighted by Gasteiger charge is 2.27. The van der Waals surface area contributed by atoms with Crippen molar-refractivity contribution in [1.29, 1.82) is 0 Å². The van der Waals surface area contributed by atoms with E-state index < -0.39 is 11.7 Å². The number of carbonyl (C=O) groups is 1. The van der Waals surface area contributed by atoms with Crippen LogP contribution in [-0.4, -0.2) is 39.7 Å². The molecule has 0 saturated heterocycles. The zero-order chi connectivity index (χ0) is 17.4. The smallest absolute Gasteiger partial charge is 0.272 e. The minimum absolute atomic E-state index is 0.0563. The molecule has 0 aliphatic heterocycles. The van der Waals surface area contributed by atoms with Gasteiger partial charge in [0.15, 0.2) is 17.3 Å². The molecular weight excluding hydrogens is 349 g/mol. The first kappa shape index (κ1) is 15.8. The Bertz CT molecular complexity index is 923. The molecule has 1 aliphatic rings. The Hall–Kier alpha value is -2.75. The first-order valence-electron chi connectivity index (χ1n) is 7.67. The molecule has 25 heavy (non-hydrogen) atoms. The van der Waals surface area contributed by atoms with E-state index in [0.717, 1.165) is 30.6 Å². The van der Waals surface area contributed by atoms with E-state index >= 15 is 0 Å². The number of tetrazole rings is 1. The van der Waals surface area contributed by atoms with E-state index in [9.17, 15) is 9.18 Å². The number of nitrogens with one attached hydrogen (secondary N) is 2. The van der Waals surface area contributed by atoms with Gasteiger partial charge < -0.3 is 9.47 Å². The van der Waals surface area contributed by atoms with Gasteiger partial charge in [-0.1, -0.05) is 5.10 Å². The summed E-state index contributed by atoms with van der Waals surface area (Å²) in [5, 5.41) is 16.2. The monoisotopic (exact) mass is 363 g/mol. The molecule has 1 amide bonds. The molecule has 0 radical (unpaired) electrons. The van der Waals surface area contributed by atoms with Crippen LogP contribution in [0.4, 0.5) is 10.3 Å². The molecule has 1 saturated carbocycles. The van der Waals surface area contributed by atoms with Gasteiger partial charge in [0.2, 0.25) is 0 Å². The Kier molecular flexibility index (Phi) is 3.96. The van der Waals surface area contributed by atoms with Gasteiger partial charge in [0.25, 0.3) is 11.9 Å². The summed E-state index contributed by atoms with van der Waals surface area (Å²) in [6.45, 7) is 0. The zero-order valence-electron chi connectivity index (χ0n) is 13.2. The van der Waals surface area contributed by atoms with Gasteiger partial charge in [-0.3, -0.25) is 10.1 Å². The van der Waals surface area contributed by atoms with E-state index in [1.165, 1.54) is 13.2 Å². The maximum atomic E-state index is 14.0. The Balaban J connectivity index is 1.77. The number of hydrogen-bond donors (Lipinski definition) is 2. The Morgan fingerprint density at radius 3 is 2.92 bits per heavy atom. The van der Waals surface area contributed by atoms with E-state index in [1.807, 2.05) is 0 Å². The normalized spacial score (nSPS) is 14.3. The van der Waals surface area contributed by atoms with Crippen molar-refractivity contribution in [3.05, 3.63) is 22.8 Å². The number of fused-ring (bicyclic) bond motifs is 1. The lowest BCUT2D eigenvalue weighted by atomic mass is 9.96. The first-order valence-corrected chi connectivity index (χ1v) is 8.49. The van der Waals surface area contributed by atoms with Gasteiger partial charge in [0.05, 0.1) is 13.2 Å². The van der Waals surface area contributed by atoms with Crippen molar-refractivity contribution in [1.82, 2.24) is 20.6 Å². The fourth-order valence-corrected chi connectivity index (χ4v) is 3.57. The number of aromatic nitrogens is 4. The van der Waals surface area contributed by atoms with E-state index in [4.69, 9.17) is 9.47 Å². The summed E-state index contributed by atoms with van der Waals surface area (Å²) in [7, 11) is 1.40. The van der Waals surface area contributed by atoms with Crippen molar-refractivity contribution in [3.63, 3.8) is 0 Å². The lowest BCUT2D eigenvalue weighted by Gasteiger charge is -2.26. The van der Waals surface area contributed by atoms with Gasteiger partial charge in [0, 0.05) is 10.1 Å². The lowest BCUT2D eigenvalue weighted by molar-refractivity contribution is 0.100. The van der Waals surface area contributed by atoms with E-state index in [1.54, 1.807) is 6.07 Å². The molecule has 0 spiro atoms. The third kappa shape index (κ3) is 2.88. The number of nitrogens with zero attached hydrogens (tertiary/aromatic N) is 3. The van der Waals surface area contributed by atoms with Crippen LogP contribution < -0.4 is 14.8 Å². The van der Waals surface area contributed by atoms with Gasteiger partial charge in [0.1, 0.15) is 4.88 Å². The quantitative estimate of drug-likeness (QED) is 0.723. The van der Waals surface area contributed by atoms with Crippen LogP contribution in [0.25, 0.3) is 10.1 Å². The molecule has 1 aromatic carbocycles. The Morgan fingerprint density at radius 1 is 1.44 bits per heavy atom. The van der Waals surface area contributed by atoms with Crippen molar-refractivity contribution in [3.8, 4) is 11.5 Å². The molecule has 4 rings (SSSR count). The topological polar surface area (TPSA) is 102 Å². The number of methoxy groups -OCH3 is 1. The van der Waals surface area contributed by atoms with Gasteiger partial charge >= 0.3 is 0 Å². The predicted octanol–water partition coefficient (Wildman–Crippen LogP) is 2.75. The van der Waals surface area contributed by atoms with E-state index in [2.05, 4.69) is 25.9 Å². The number of rotatable bonds is 5. The van der Waals surface area contributed by atoms with E-state index in [0.29, 0.717) is 20.7 Å². The van der Waals surface area contributed by atoms with Crippen LogP contribution in [0.3, 0.4) is 0 Å². The third-order valence-corrected chi connectivity index (χ3v) is 5.16. The van der Waals surface area contributed by atoms with Crippen molar-refractivity contribution in [2.24, 2.45) is 0 Å². The number of carbonyl (C=O) groups excluding carboxylic acids is 1. The second kappa shape index (κ2) is 6.28. The molecule has 10 heteroatoms. The van der Waals surface area contributed by atoms with Crippen LogP contribution in [0.1, 0.15) is 28.9 Å². The summed E-state index contributed by atoms with van der Waals surface area (Å²) >= 11 is 1.15. The maximum Gasteiger partial charge on any atom is 0.272 e. The minimum atomic E-state index is -0.489. The number of halogens is 1. The zero-order valence-corrected chi connectivity index (χ0v) is 14.0. The number of thiophene rings is 1. The number of hydrogen-bond acceptors (Lipinski definition) is 7. The molecule has 2 aromatic heterocycles. The highest BCUT2D eigenvalue weighted by Crippen LogP contribution is 2.42. The van der Waals surface area contributed by atoms with Crippen LogP contribution in [-0.2, 0) is 0 Å². The molecule has 0 atom stereocenters. The molecule has 0 unspecified atom stereocenters. The maximum absolute atomic E-state index is 14.0. The highest BCUT2D eigenvalue weighted by molar-refractivity contribution is 7.21. The molecule has 130 valence electrons. The fourth-order valence-electron chi connectivity index (χ4n) is 2.53. The highest BCUT2D eigenvalue weighted by atomic mass is 32.1. The standard InChI is InChI=1S/C15H14FN5O3S/c1-23-10-5-8-11(6-9(10)16)25-13(12(8)24-7-3-2-4-7)14(22)17-15-18-20-21-19-15/h5-7H,2-4H2,1H3,(H2,17,18,19,20,21,22). The van der Waals surface area contributed by atoms with Crippen molar-refractivity contribution in [2.45, 2.75) is 25.4 Å². The summed E-state index contributed by atoms with van der Waals surface area (Å²) < 4.78 is 25.7. The number of benzene rings is 1. The van der Waals surface area contributed by atoms with Crippen LogP contribution in [0.2, 0.25) is 0 Å². The molecular formula is C15H14FN5O3S. The molecule has 2 heterocycles. The summed E-state index contributed by atoms with van der Waals surface area (Å²) in [5.41, 5.74) is 0. The molecule has 2 N–H and O–H groups in total.